The number of hydrazine groups is 1. The third kappa shape index (κ3) is 2.71. The highest BCUT2D eigenvalue weighted by molar-refractivity contribution is 4.74. The predicted molar refractivity (Wildman–Crippen MR) is 48.1 cm³/mol. The highest BCUT2D eigenvalue weighted by atomic mass is 16.7. The van der Waals surface area contributed by atoms with Crippen LogP contribution in [0.25, 0.3) is 0 Å². The molecule has 4 N–H and O–H groups in total. The van der Waals surface area contributed by atoms with Gasteiger partial charge in [0.25, 0.3) is 0 Å². The summed E-state index contributed by atoms with van der Waals surface area (Å²) in [5.74, 6) is 8.20. The topological polar surface area (TPSA) is 70.5 Å². The van der Waals surface area contributed by atoms with Crippen LogP contribution in [0.4, 0.5) is 0 Å². The zero-order chi connectivity index (χ0) is 9.61. The Morgan fingerprint density at radius 1 is 1.50 bits per heavy atom. The van der Waals surface area contributed by atoms with Crippen LogP contribution in [-0.2, 0) is 9.47 Å². The molecule has 1 rings (SSSR count). The Labute approximate surface area is 74.2 Å². The minimum absolute atomic E-state index is 0.321. The van der Waals surface area contributed by atoms with Crippen molar-refractivity contribution in [2.75, 3.05) is 13.7 Å². The number of hydrogen-bond donors (Lipinski definition) is 2. The average molecular weight is 176 g/mol. The second-order valence-corrected chi connectivity index (χ2v) is 3.11. The monoisotopic (exact) mass is 176 g/mol. The number of ether oxygens (including phenoxy) is 2. The molecule has 0 spiro atoms. The van der Waals surface area contributed by atoms with E-state index in [-0.39, 0.29) is 5.79 Å². The van der Waals surface area contributed by atoms with Crippen LogP contribution in [0, 0.1) is 5.92 Å². The Morgan fingerprint density at radius 3 is 2.42 bits per heavy atom. The molecule has 1 saturated heterocycles. The fourth-order valence-corrected chi connectivity index (χ4v) is 1.33. The first-order valence-electron chi connectivity index (χ1n) is 4.21. The second kappa shape index (κ2) is 5.48. The summed E-state index contributed by atoms with van der Waals surface area (Å²) in [7, 11) is 1.71. The summed E-state index contributed by atoms with van der Waals surface area (Å²) in [6.07, 6.45) is 2.38. The molecule has 2 atom stereocenters. The molecule has 0 aliphatic carbocycles. The number of hydrogen-bond acceptors (Lipinski definition) is 4. The average Bonchev–Trinajstić information content (AvgIpc) is 2.14. The van der Waals surface area contributed by atoms with Crippen molar-refractivity contribution >= 4 is 0 Å². The fourth-order valence-electron chi connectivity index (χ4n) is 1.33. The van der Waals surface area contributed by atoms with E-state index in [1.54, 1.807) is 7.11 Å². The molecule has 2 unspecified atom stereocenters. The van der Waals surface area contributed by atoms with Gasteiger partial charge in [-0.25, -0.2) is 0 Å². The second-order valence-electron chi connectivity index (χ2n) is 3.11. The first kappa shape index (κ1) is 11.8. The molecule has 1 aliphatic rings. The van der Waals surface area contributed by atoms with Crippen LogP contribution in [0.5, 0.6) is 0 Å². The van der Waals surface area contributed by atoms with E-state index in [0.29, 0.717) is 5.92 Å². The zero-order valence-corrected chi connectivity index (χ0v) is 8.17. The minimum atomic E-state index is -0.321. The van der Waals surface area contributed by atoms with Gasteiger partial charge in [0.1, 0.15) is 0 Å². The highest BCUT2D eigenvalue weighted by Gasteiger charge is 2.34. The first-order chi connectivity index (χ1) is 5.69. The van der Waals surface area contributed by atoms with Gasteiger partial charge < -0.3 is 9.47 Å². The molecule has 1 fully saturated rings. The minimum Gasteiger partial charge on any atom is -0.353 e. The van der Waals surface area contributed by atoms with Crippen molar-refractivity contribution in [3.8, 4) is 0 Å². The van der Waals surface area contributed by atoms with E-state index >= 15 is 0 Å². The third-order valence-electron chi connectivity index (χ3n) is 2.47. The molecule has 4 heteroatoms. The van der Waals surface area contributed by atoms with Crippen LogP contribution in [0.15, 0.2) is 0 Å². The molecule has 74 valence electrons. The molecule has 0 bridgehead atoms. The normalized spacial score (nSPS) is 35.2. The Hall–Kier alpha value is -0.160. The van der Waals surface area contributed by atoms with Crippen molar-refractivity contribution in [1.82, 2.24) is 0 Å². The van der Waals surface area contributed by atoms with E-state index in [4.69, 9.17) is 9.47 Å². The summed E-state index contributed by atoms with van der Waals surface area (Å²) < 4.78 is 10.8. The Bertz CT molecular complexity index is 122. The molecule has 12 heavy (non-hydrogen) atoms. The molecule has 0 aromatic carbocycles. The van der Waals surface area contributed by atoms with Crippen LogP contribution in [0.2, 0.25) is 0 Å². The van der Waals surface area contributed by atoms with Gasteiger partial charge in [0.15, 0.2) is 5.79 Å². The lowest BCUT2D eigenvalue weighted by Gasteiger charge is -2.37. The van der Waals surface area contributed by atoms with E-state index in [9.17, 15) is 0 Å². The van der Waals surface area contributed by atoms with Crippen molar-refractivity contribution < 1.29 is 9.47 Å². The largest absolute Gasteiger partial charge is 0.353 e. The van der Waals surface area contributed by atoms with E-state index < -0.39 is 0 Å². The SMILES string of the molecule is COC1(C)OCCCC1C.NN. The molecule has 0 radical (unpaired) electrons. The quantitative estimate of drug-likeness (QED) is 0.454. The molecule has 0 aromatic heterocycles. The third-order valence-corrected chi connectivity index (χ3v) is 2.47. The summed E-state index contributed by atoms with van der Waals surface area (Å²) in [4.78, 5) is 0. The van der Waals surface area contributed by atoms with E-state index in [1.807, 2.05) is 6.92 Å². The molecular weight excluding hydrogens is 156 g/mol. The van der Waals surface area contributed by atoms with Gasteiger partial charge in [-0.15, -0.1) is 0 Å². The Kier molecular flexibility index (Phi) is 5.41. The molecule has 1 aliphatic heterocycles. The smallest absolute Gasteiger partial charge is 0.167 e. The van der Waals surface area contributed by atoms with Gasteiger partial charge in [-0.2, -0.15) is 0 Å². The lowest BCUT2D eigenvalue weighted by molar-refractivity contribution is -0.256. The van der Waals surface area contributed by atoms with Gasteiger partial charge in [0.05, 0.1) is 6.61 Å². The lowest BCUT2D eigenvalue weighted by Crippen LogP contribution is -2.41. The molecule has 0 saturated carbocycles. The summed E-state index contributed by atoms with van der Waals surface area (Å²) in [5, 5.41) is 0. The van der Waals surface area contributed by atoms with Gasteiger partial charge in [0, 0.05) is 13.0 Å². The molecular formula is C8H20N2O2. The number of methoxy groups -OCH3 is 1. The highest BCUT2D eigenvalue weighted by Crippen LogP contribution is 2.30. The van der Waals surface area contributed by atoms with E-state index in [2.05, 4.69) is 18.6 Å². The van der Waals surface area contributed by atoms with Crippen molar-refractivity contribution in [1.29, 1.82) is 0 Å². The van der Waals surface area contributed by atoms with E-state index in [1.165, 1.54) is 12.8 Å². The van der Waals surface area contributed by atoms with Crippen molar-refractivity contribution in [2.24, 2.45) is 17.6 Å². The van der Waals surface area contributed by atoms with Crippen molar-refractivity contribution in [2.45, 2.75) is 32.5 Å². The van der Waals surface area contributed by atoms with Crippen LogP contribution in [0.1, 0.15) is 26.7 Å². The Morgan fingerprint density at radius 2 is 2.08 bits per heavy atom. The Balaban J connectivity index is 0.000000561. The zero-order valence-electron chi connectivity index (χ0n) is 8.17. The predicted octanol–water partition coefficient (Wildman–Crippen LogP) is 0.614. The van der Waals surface area contributed by atoms with Gasteiger partial charge in [0.2, 0.25) is 0 Å². The van der Waals surface area contributed by atoms with Gasteiger partial charge in [-0.3, -0.25) is 11.7 Å². The van der Waals surface area contributed by atoms with E-state index in [0.717, 1.165) is 6.61 Å². The maximum absolute atomic E-state index is 5.50. The van der Waals surface area contributed by atoms with Gasteiger partial charge >= 0.3 is 0 Å². The van der Waals surface area contributed by atoms with Gasteiger partial charge in [-0.05, 0) is 19.8 Å². The molecule has 0 aromatic rings. The van der Waals surface area contributed by atoms with Crippen LogP contribution >= 0.6 is 0 Å². The maximum atomic E-state index is 5.50. The number of rotatable bonds is 1. The van der Waals surface area contributed by atoms with Crippen LogP contribution < -0.4 is 11.7 Å². The summed E-state index contributed by atoms with van der Waals surface area (Å²) in [6.45, 7) is 5.02. The van der Waals surface area contributed by atoms with Crippen LogP contribution in [0.3, 0.4) is 0 Å². The summed E-state index contributed by atoms with van der Waals surface area (Å²) in [6, 6.07) is 0. The first-order valence-corrected chi connectivity index (χ1v) is 4.21. The molecule has 1 heterocycles. The lowest BCUT2D eigenvalue weighted by atomic mass is 9.94. The number of nitrogens with two attached hydrogens (primary N) is 2. The summed E-state index contributed by atoms with van der Waals surface area (Å²) >= 11 is 0. The van der Waals surface area contributed by atoms with Crippen molar-refractivity contribution in [3.05, 3.63) is 0 Å². The molecule has 4 nitrogen and oxygen atoms in total. The standard InChI is InChI=1S/C8H16O2.H4N2/c1-7-5-4-6-10-8(7,2)9-3;1-2/h7H,4-6H2,1-3H3;1-2H2. The fraction of sp³-hybridized carbons (Fsp3) is 1.00. The maximum Gasteiger partial charge on any atom is 0.167 e. The molecule has 0 amide bonds. The van der Waals surface area contributed by atoms with Gasteiger partial charge in [-0.1, -0.05) is 6.92 Å². The van der Waals surface area contributed by atoms with Crippen molar-refractivity contribution in [3.63, 3.8) is 0 Å². The summed E-state index contributed by atoms with van der Waals surface area (Å²) in [5.41, 5.74) is 0. The van der Waals surface area contributed by atoms with Crippen LogP contribution in [-0.4, -0.2) is 19.5 Å².